The average Bonchev–Trinajstić information content (AvgIpc) is 2.34. The van der Waals surface area contributed by atoms with Crippen molar-refractivity contribution in [3.8, 4) is 0 Å². The topological polar surface area (TPSA) is 75.6 Å². The van der Waals surface area contributed by atoms with E-state index >= 15 is 0 Å². The SMILES string of the molecule is O=C(N[C@@H](CI)C(=O)O)OCc1ccccc1. The Morgan fingerprint density at radius 1 is 1.35 bits per heavy atom. The van der Waals surface area contributed by atoms with Crippen LogP contribution in [-0.2, 0) is 16.1 Å². The molecule has 6 heteroatoms. The van der Waals surface area contributed by atoms with Crippen LogP contribution in [0.3, 0.4) is 0 Å². The number of carbonyl (C=O) groups excluding carboxylic acids is 1. The third-order valence-electron chi connectivity index (χ3n) is 1.96. The minimum absolute atomic E-state index is 0.125. The Bertz CT molecular complexity index is 382. The number of nitrogens with one attached hydrogen (secondary N) is 1. The molecular formula is C11H12INO4. The summed E-state index contributed by atoms with van der Waals surface area (Å²) in [5.74, 6) is -1.07. The molecule has 92 valence electrons. The van der Waals surface area contributed by atoms with Gasteiger partial charge in [-0.2, -0.15) is 0 Å². The molecule has 1 aromatic carbocycles. The van der Waals surface area contributed by atoms with E-state index in [1.54, 1.807) is 0 Å². The van der Waals surface area contributed by atoms with Gasteiger partial charge in [-0.05, 0) is 5.56 Å². The van der Waals surface area contributed by atoms with E-state index in [2.05, 4.69) is 5.32 Å². The van der Waals surface area contributed by atoms with E-state index in [4.69, 9.17) is 9.84 Å². The number of carbonyl (C=O) groups is 2. The van der Waals surface area contributed by atoms with Crippen molar-refractivity contribution in [2.75, 3.05) is 4.43 Å². The molecule has 1 atom stereocenters. The molecule has 0 aliphatic carbocycles. The highest BCUT2D eigenvalue weighted by Gasteiger charge is 2.18. The summed E-state index contributed by atoms with van der Waals surface area (Å²) in [5, 5.41) is 11.0. The highest BCUT2D eigenvalue weighted by Crippen LogP contribution is 2.01. The first-order valence-electron chi connectivity index (χ1n) is 4.89. The van der Waals surface area contributed by atoms with Crippen LogP contribution in [0.2, 0.25) is 0 Å². The largest absolute Gasteiger partial charge is 0.480 e. The Morgan fingerprint density at radius 3 is 2.53 bits per heavy atom. The molecule has 2 N–H and O–H groups in total. The second kappa shape index (κ2) is 7.10. The lowest BCUT2D eigenvalue weighted by Crippen LogP contribution is -2.42. The number of carboxylic acid groups (broad SMARTS) is 1. The fourth-order valence-electron chi connectivity index (χ4n) is 1.07. The number of ether oxygens (including phenoxy) is 1. The first-order chi connectivity index (χ1) is 8.13. The summed E-state index contributed by atoms with van der Waals surface area (Å²) in [4.78, 5) is 22.0. The average molecular weight is 349 g/mol. The fourth-order valence-corrected chi connectivity index (χ4v) is 1.67. The van der Waals surface area contributed by atoms with Crippen LogP contribution in [-0.4, -0.2) is 27.6 Å². The molecule has 0 bridgehead atoms. The first-order valence-corrected chi connectivity index (χ1v) is 6.42. The smallest absolute Gasteiger partial charge is 0.408 e. The molecule has 0 heterocycles. The fraction of sp³-hybridized carbons (Fsp3) is 0.273. The summed E-state index contributed by atoms with van der Waals surface area (Å²) in [6, 6.07) is 8.25. The molecule has 17 heavy (non-hydrogen) atoms. The van der Waals surface area contributed by atoms with E-state index in [-0.39, 0.29) is 11.0 Å². The molecule has 0 saturated heterocycles. The molecule has 0 aromatic heterocycles. The van der Waals surface area contributed by atoms with Crippen LogP contribution in [0.5, 0.6) is 0 Å². The van der Waals surface area contributed by atoms with E-state index < -0.39 is 18.1 Å². The van der Waals surface area contributed by atoms with E-state index in [1.807, 2.05) is 52.9 Å². The molecule has 1 rings (SSSR count). The van der Waals surface area contributed by atoms with Gasteiger partial charge in [-0.15, -0.1) is 0 Å². The number of carboxylic acids is 1. The molecule has 0 aliphatic heterocycles. The van der Waals surface area contributed by atoms with Crippen LogP contribution in [0.4, 0.5) is 4.79 Å². The third kappa shape index (κ3) is 5.03. The van der Waals surface area contributed by atoms with Gasteiger partial charge >= 0.3 is 12.1 Å². The zero-order valence-electron chi connectivity index (χ0n) is 8.93. The van der Waals surface area contributed by atoms with Gasteiger partial charge in [-0.1, -0.05) is 52.9 Å². The molecule has 0 unspecified atom stereocenters. The third-order valence-corrected chi connectivity index (χ3v) is 2.84. The van der Waals surface area contributed by atoms with Crippen LogP contribution in [0.25, 0.3) is 0 Å². The maximum absolute atomic E-state index is 11.3. The van der Waals surface area contributed by atoms with Crippen LogP contribution < -0.4 is 5.32 Å². The minimum Gasteiger partial charge on any atom is -0.480 e. The van der Waals surface area contributed by atoms with E-state index in [0.717, 1.165) is 5.56 Å². The molecule has 0 fully saturated rings. The molecule has 0 spiro atoms. The van der Waals surface area contributed by atoms with Gasteiger partial charge in [-0.25, -0.2) is 9.59 Å². The number of benzene rings is 1. The predicted molar refractivity (Wildman–Crippen MR) is 70.1 cm³/mol. The van der Waals surface area contributed by atoms with Gasteiger partial charge in [0.2, 0.25) is 0 Å². The lowest BCUT2D eigenvalue weighted by atomic mass is 10.2. The predicted octanol–water partition coefficient (Wildman–Crippen LogP) is 1.80. The molecule has 0 aliphatic rings. The Morgan fingerprint density at radius 2 is 2.00 bits per heavy atom. The standard InChI is InChI=1S/C11H12INO4/c12-6-9(10(14)15)13-11(16)17-7-8-4-2-1-3-5-8/h1-5,9H,6-7H2,(H,13,16)(H,14,15)/t9-/m0/s1. The molecule has 0 saturated carbocycles. The van der Waals surface area contributed by atoms with Crippen LogP contribution in [0.1, 0.15) is 5.56 Å². The summed E-state index contributed by atoms with van der Waals surface area (Å²) in [5.41, 5.74) is 0.851. The minimum atomic E-state index is -1.07. The van der Waals surface area contributed by atoms with Crippen molar-refractivity contribution in [2.24, 2.45) is 0 Å². The quantitative estimate of drug-likeness (QED) is 0.628. The van der Waals surface area contributed by atoms with Crippen molar-refractivity contribution < 1.29 is 19.4 Å². The Labute approximate surface area is 112 Å². The van der Waals surface area contributed by atoms with Crippen LogP contribution >= 0.6 is 22.6 Å². The summed E-state index contributed by atoms with van der Waals surface area (Å²) in [7, 11) is 0. The van der Waals surface area contributed by atoms with Crippen molar-refractivity contribution in [3.63, 3.8) is 0 Å². The monoisotopic (exact) mass is 349 g/mol. The van der Waals surface area contributed by atoms with Crippen LogP contribution in [0, 0.1) is 0 Å². The highest BCUT2D eigenvalue weighted by atomic mass is 127. The van der Waals surface area contributed by atoms with Gasteiger partial charge < -0.3 is 15.2 Å². The van der Waals surface area contributed by atoms with Gasteiger partial charge in [0.25, 0.3) is 0 Å². The summed E-state index contributed by atoms with van der Waals surface area (Å²) in [6.45, 7) is 0.125. The maximum Gasteiger partial charge on any atom is 0.408 e. The number of hydrogen-bond acceptors (Lipinski definition) is 3. The molecular weight excluding hydrogens is 337 g/mol. The van der Waals surface area contributed by atoms with Gasteiger partial charge in [0.05, 0.1) is 0 Å². The number of alkyl carbamates (subject to hydrolysis) is 1. The molecule has 5 nitrogen and oxygen atoms in total. The lowest BCUT2D eigenvalue weighted by molar-refractivity contribution is -0.138. The molecule has 1 amide bonds. The second-order valence-corrected chi connectivity index (χ2v) is 4.13. The van der Waals surface area contributed by atoms with Crippen molar-refractivity contribution in [1.82, 2.24) is 5.32 Å². The Kier molecular flexibility index (Phi) is 5.75. The van der Waals surface area contributed by atoms with Crippen molar-refractivity contribution in [2.45, 2.75) is 12.6 Å². The van der Waals surface area contributed by atoms with Crippen molar-refractivity contribution >= 4 is 34.7 Å². The molecule has 0 radical (unpaired) electrons. The van der Waals surface area contributed by atoms with Crippen LogP contribution in [0.15, 0.2) is 30.3 Å². The zero-order chi connectivity index (χ0) is 12.7. The number of hydrogen-bond donors (Lipinski definition) is 2. The summed E-state index contributed by atoms with van der Waals surface area (Å²) < 4.78 is 5.18. The zero-order valence-corrected chi connectivity index (χ0v) is 11.1. The van der Waals surface area contributed by atoms with Crippen molar-refractivity contribution in [3.05, 3.63) is 35.9 Å². The number of alkyl halides is 1. The number of amides is 1. The van der Waals surface area contributed by atoms with Gasteiger partial charge in [-0.3, -0.25) is 0 Å². The van der Waals surface area contributed by atoms with E-state index in [1.165, 1.54) is 0 Å². The van der Waals surface area contributed by atoms with E-state index in [9.17, 15) is 9.59 Å². The van der Waals surface area contributed by atoms with E-state index in [0.29, 0.717) is 0 Å². The normalized spacial score (nSPS) is 11.6. The Balaban J connectivity index is 2.37. The Hall–Kier alpha value is -1.31. The first kappa shape index (κ1) is 13.8. The summed E-state index contributed by atoms with van der Waals surface area (Å²) >= 11 is 1.89. The maximum atomic E-state index is 11.3. The van der Waals surface area contributed by atoms with Gasteiger partial charge in [0.1, 0.15) is 12.6 Å². The van der Waals surface area contributed by atoms with Gasteiger partial charge in [0.15, 0.2) is 0 Å². The van der Waals surface area contributed by atoms with Gasteiger partial charge in [0, 0.05) is 4.43 Å². The number of aliphatic carboxylic acids is 1. The molecule has 1 aromatic rings. The highest BCUT2D eigenvalue weighted by molar-refractivity contribution is 14.1. The second-order valence-electron chi connectivity index (χ2n) is 3.25. The number of halogens is 1. The number of rotatable bonds is 5. The summed E-state index contributed by atoms with van der Waals surface area (Å²) in [6.07, 6.45) is -0.724. The lowest BCUT2D eigenvalue weighted by Gasteiger charge is -2.11. The van der Waals surface area contributed by atoms with Crippen molar-refractivity contribution in [1.29, 1.82) is 0 Å².